The van der Waals surface area contributed by atoms with Gasteiger partial charge in [-0.3, -0.25) is 4.79 Å². The van der Waals surface area contributed by atoms with Gasteiger partial charge in [0.05, 0.1) is 7.11 Å². The molecule has 0 atom stereocenters. The molecule has 1 rings (SSSR count). The van der Waals surface area contributed by atoms with Crippen LogP contribution in [0, 0.1) is 6.92 Å². The molecule has 19 heavy (non-hydrogen) atoms. The fraction of sp³-hybridized carbons (Fsp3) is 0.533. The Bertz CT molecular complexity index is 419. The highest BCUT2D eigenvalue weighted by atomic mass is 16.5. The summed E-state index contributed by atoms with van der Waals surface area (Å²) >= 11 is 0. The molecule has 1 aromatic carbocycles. The summed E-state index contributed by atoms with van der Waals surface area (Å²) in [5.74, 6) is 0.974. The van der Waals surface area contributed by atoms with Gasteiger partial charge in [0, 0.05) is 32.1 Å². The van der Waals surface area contributed by atoms with E-state index in [4.69, 9.17) is 4.74 Å². The first-order valence-corrected chi connectivity index (χ1v) is 6.66. The number of benzene rings is 1. The predicted molar refractivity (Wildman–Crippen MR) is 77.4 cm³/mol. The molecule has 4 heteroatoms. The van der Waals surface area contributed by atoms with Gasteiger partial charge >= 0.3 is 0 Å². The maximum absolute atomic E-state index is 12.0. The second kappa shape index (κ2) is 7.79. The van der Waals surface area contributed by atoms with Crippen LogP contribution in [0.25, 0.3) is 0 Å². The van der Waals surface area contributed by atoms with Crippen LogP contribution in [0.5, 0.6) is 5.75 Å². The van der Waals surface area contributed by atoms with Crippen molar-refractivity contribution in [2.24, 2.45) is 0 Å². The van der Waals surface area contributed by atoms with E-state index in [2.05, 4.69) is 11.4 Å². The van der Waals surface area contributed by atoms with Crippen LogP contribution in [0.3, 0.4) is 0 Å². The van der Waals surface area contributed by atoms with Crippen LogP contribution < -0.4 is 10.1 Å². The molecule has 0 aliphatic heterocycles. The van der Waals surface area contributed by atoms with Crippen molar-refractivity contribution in [1.82, 2.24) is 10.2 Å². The second-order valence-corrected chi connectivity index (χ2v) is 4.67. The first kappa shape index (κ1) is 15.5. The van der Waals surface area contributed by atoms with Crippen LogP contribution in [-0.2, 0) is 11.3 Å². The van der Waals surface area contributed by atoms with Crippen molar-refractivity contribution in [1.29, 1.82) is 0 Å². The molecular weight excluding hydrogens is 240 g/mol. The molecular formula is C15H24N2O2. The molecule has 0 unspecified atom stereocenters. The summed E-state index contributed by atoms with van der Waals surface area (Å²) in [4.78, 5) is 13.7. The Balaban J connectivity index is 2.62. The molecule has 1 N–H and O–H groups in total. The van der Waals surface area contributed by atoms with E-state index in [1.54, 1.807) is 12.0 Å². The van der Waals surface area contributed by atoms with Gasteiger partial charge in [0.1, 0.15) is 5.75 Å². The van der Waals surface area contributed by atoms with Crippen molar-refractivity contribution in [3.05, 3.63) is 29.3 Å². The number of carbonyl (C=O) groups is 1. The Morgan fingerprint density at radius 2 is 2.16 bits per heavy atom. The standard InChI is InChI=1S/C15H24N2O2/c1-5-16-9-8-15(18)17(3)11-13-10-12(2)6-7-14(13)19-4/h6-7,10,16H,5,8-9,11H2,1-4H3. The fourth-order valence-corrected chi connectivity index (χ4v) is 1.94. The lowest BCUT2D eigenvalue weighted by Crippen LogP contribution is -2.29. The summed E-state index contributed by atoms with van der Waals surface area (Å²) in [6.45, 7) is 6.27. The quantitative estimate of drug-likeness (QED) is 0.765. The number of hydrogen-bond donors (Lipinski definition) is 1. The number of nitrogens with zero attached hydrogens (tertiary/aromatic N) is 1. The van der Waals surface area contributed by atoms with Crippen LogP contribution in [0.2, 0.25) is 0 Å². The Morgan fingerprint density at radius 1 is 1.42 bits per heavy atom. The molecule has 0 radical (unpaired) electrons. The van der Waals surface area contributed by atoms with Crippen molar-refractivity contribution in [2.75, 3.05) is 27.2 Å². The third kappa shape index (κ3) is 4.91. The van der Waals surface area contributed by atoms with E-state index in [9.17, 15) is 4.79 Å². The van der Waals surface area contributed by atoms with Crippen LogP contribution in [0.4, 0.5) is 0 Å². The van der Waals surface area contributed by atoms with Crippen LogP contribution in [0.15, 0.2) is 18.2 Å². The van der Waals surface area contributed by atoms with Gasteiger partial charge in [-0.25, -0.2) is 0 Å². The van der Waals surface area contributed by atoms with Crippen LogP contribution >= 0.6 is 0 Å². The molecule has 1 aromatic rings. The Labute approximate surface area is 115 Å². The van der Waals surface area contributed by atoms with E-state index in [-0.39, 0.29) is 5.91 Å². The average molecular weight is 264 g/mol. The van der Waals surface area contributed by atoms with Gasteiger partial charge in [-0.15, -0.1) is 0 Å². The zero-order chi connectivity index (χ0) is 14.3. The van der Waals surface area contributed by atoms with E-state index in [0.717, 1.165) is 24.4 Å². The molecule has 4 nitrogen and oxygen atoms in total. The minimum absolute atomic E-state index is 0.143. The monoisotopic (exact) mass is 264 g/mol. The van der Waals surface area contributed by atoms with Gasteiger partial charge in [-0.05, 0) is 19.5 Å². The van der Waals surface area contributed by atoms with Gasteiger partial charge in [0.25, 0.3) is 0 Å². The molecule has 1 amide bonds. The Hall–Kier alpha value is -1.55. The second-order valence-electron chi connectivity index (χ2n) is 4.67. The topological polar surface area (TPSA) is 41.6 Å². The number of hydrogen-bond acceptors (Lipinski definition) is 3. The molecule has 0 aromatic heterocycles. The summed E-state index contributed by atoms with van der Waals surface area (Å²) in [6.07, 6.45) is 0.526. The highest BCUT2D eigenvalue weighted by Gasteiger charge is 2.11. The summed E-state index contributed by atoms with van der Waals surface area (Å²) in [6, 6.07) is 6.02. The zero-order valence-electron chi connectivity index (χ0n) is 12.3. The van der Waals surface area contributed by atoms with Gasteiger partial charge in [0.2, 0.25) is 5.91 Å². The number of methoxy groups -OCH3 is 1. The third-order valence-corrected chi connectivity index (χ3v) is 3.03. The fourth-order valence-electron chi connectivity index (χ4n) is 1.94. The van der Waals surface area contributed by atoms with Gasteiger partial charge in [0.15, 0.2) is 0 Å². The lowest BCUT2D eigenvalue weighted by atomic mass is 10.1. The molecule has 0 heterocycles. The van der Waals surface area contributed by atoms with Crippen molar-refractivity contribution in [3.63, 3.8) is 0 Å². The SMILES string of the molecule is CCNCCC(=O)N(C)Cc1cc(C)ccc1OC. The lowest BCUT2D eigenvalue weighted by Gasteiger charge is -2.19. The van der Waals surface area contributed by atoms with Crippen molar-refractivity contribution in [3.8, 4) is 5.75 Å². The van der Waals surface area contributed by atoms with Gasteiger partial charge in [-0.1, -0.05) is 24.6 Å². The molecule has 0 saturated carbocycles. The van der Waals surface area contributed by atoms with E-state index in [1.807, 2.05) is 33.0 Å². The van der Waals surface area contributed by atoms with Crippen molar-refractivity contribution >= 4 is 5.91 Å². The van der Waals surface area contributed by atoms with Gasteiger partial charge < -0.3 is 15.0 Å². The Kier molecular flexibility index (Phi) is 6.36. The minimum atomic E-state index is 0.143. The molecule has 0 fully saturated rings. The summed E-state index contributed by atoms with van der Waals surface area (Å²) < 4.78 is 5.33. The molecule has 0 aliphatic carbocycles. The third-order valence-electron chi connectivity index (χ3n) is 3.03. The first-order valence-electron chi connectivity index (χ1n) is 6.66. The first-order chi connectivity index (χ1) is 9.08. The van der Waals surface area contributed by atoms with Crippen molar-refractivity contribution < 1.29 is 9.53 Å². The number of amides is 1. The van der Waals surface area contributed by atoms with E-state index >= 15 is 0 Å². The smallest absolute Gasteiger partial charge is 0.223 e. The number of nitrogens with one attached hydrogen (secondary N) is 1. The summed E-state index contributed by atoms with van der Waals surface area (Å²) in [7, 11) is 3.48. The van der Waals surface area contributed by atoms with Crippen LogP contribution in [0.1, 0.15) is 24.5 Å². The summed E-state index contributed by atoms with van der Waals surface area (Å²) in [5.41, 5.74) is 2.21. The maximum Gasteiger partial charge on any atom is 0.223 e. The number of rotatable bonds is 7. The zero-order valence-corrected chi connectivity index (χ0v) is 12.3. The van der Waals surface area contributed by atoms with E-state index in [0.29, 0.717) is 13.0 Å². The molecule has 106 valence electrons. The number of ether oxygens (including phenoxy) is 1. The van der Waals surface area contributed by atoms with Crippen molar-refractivity contribution in [2.45, 2.75) is 26.8 Å². The number of aryl methyl sites for hydroxylation is 1. The average Bonchev–Trinajstić information content (AvgIpc) is 2.39. The van der Waals surface area contributed by atoms with Crippen LogP contribution in [-0.4, -0.2) is 38.1 Å². The van der Waals surface area contributed by atoms with Gasteiger partial charge in [-0.2, -0.15) is 0 Å². The normalized spacial score (nSPS) is 10.3. The van der Waals surface area contributed by atoms with E-state index in [1.165, 1.54) is 5.56 Å². The van der Waals surface area contributed by atoms with E-state index < -0.39 is 0 Å². The molecule has 0 spiro atoms. The molecule has 0 aliphatic rings. The lowest BCUT2D eigenvalue weighted by molar-refractivity contribution is -0.130. The Morgan fingerprint density at radius 3 is 2.79 bits per heavy atom. The highest BCUT2D eigenvalue weighted by Crippen LogP contribution is 2.21. The largest absolute Gasteiger partial charge is 0.496 e. The molecule has 0 bridgehead atoms. The number of carbonyl (C=O) groups excluding carboxylic acids is 1. The molecule has 0 saturated heterocycles. The predicted octanol–water partition coefficient (Wildman–Crippen LogP) is 1.96. The summed E-state index contributed by atoms with van der Waals surface area (Å²) in [5, 5.41) is 3.16. The minimum Gasteiger partial charge on any atom is -0.496 e. The highest BCUT2D eigenvalue weighted by molar-refractivity contribution is 5.76. The maximum atomic E-state index is 12.0.